The fourth-order valence-corrected chi connectivity index (χ4v) is 4.38. The predicted octanol–water partition coefficient (Wildman–Crippen LogP) is 1.89. The third-order valence-electron chi connectivity index (χ3n) is 3.82. The topological polar surface area (TPSA) is 88.2 Å². The number of nitrogens with one attached hydrogen (secondary N) is 1. The van der Waals surface area contributed by atoms with Crippen molar-refractivity contribution in [2.75, 3.05) is 13.1 Å². The fraction of sp³-hybridized carbons (Fsp3) is 0.429. The molecule has 25 heavy (non-hydrogen) atoms. The van der Waals surface area contributed by atoms with Gasteiger partial charge in [0.2, 0.25) is 15.9 Å². The molecule has 0 radical (unpaired) electrons. The fourth-order valence-electron chi connectivity index (χ4n) is 2.54. The average molecular weight is 376 g/mol. The third-order valence-corrected chi connectivity index (χ3v) is 5.92. The summed E-state index contributed by atoms with van der Waals surface area (Å²) >= 11 is 0. The number of aromatic amines is 1. The number of aryl methyl sites for hydroxylation is 2. The van der Waals surface area contributed by atoms with Gasteiger partial charge in [0.1, 0.15) is 11.0 Å². The summed E-state index contributed by atoms with van der Waals surface area (Å²) in [4.78, 5) is 3.85. The van der Waals surface area contributed by atoms with E-state index in [0.29, 0.717) is 11.4 Å². The monoisotopic (exact) mass is 376 g/mol. The Bertz CT molecular complexity index is 869. The van der Waals surface area contributed by atoms with Gasteiger partial charge in [0, 0.05) is 12.3 Å². The van der Waals surface area contributed by atoms with Gasteiger partial charge >= 0.3 is 6.18 Å². The van der Waals surface area contributed by atoms with Gasteiger partial charge in [-0.3, -0.25) is 5.10 Å². The molecule has 0 amide bonds. The Morgan fingerprint density at radius 1 is 1.32 bits per heavy atom. The number of sulfonamides is 1. The van der Waals surface area contributed by atoms with Crippen molar-refractivity contribution in [3.63, 3.8) is 0 Å². The number of halogens is 3. The lowest BCUT2D eigenvalue weighted by atomic mass is 10.2. The Kier molecular flexibility index (Phi) is 4.23. The molecular formula is C14H15F3N4O3S. The van der Waals surface area contributed by atoms with Crippen LogP contribution in [0.2, 0.25) is 0 Å². The van der Waals surface area contributed by atoms with E-state index < -0.39 is 27.9 Å². The lowest BCUT2D eigenvalue weighted by Crippen LogP contribution is -2.56. The van der Waals surface area contributed by atoms with E-state index in [1.165, 1.54) is 4.31 Å². The van der Waals surface area contributed by atoms with Gasteiger partial charge < -0.3 is 4.74 Å². The molecule has 0 saturated carbocycles. The second-order valence-electron chi connectivity index (χ2n) is 5.71. The number of ether oxygens (including phenoxy) is 1. The van der Waals surface area contributed by atoms with Crippen LogP contribution in [0.1, 0.15) is 17.0 Å². The molecule has 1 N–H and O–H groups in total. The van der Waals surface area contributed by atoms with Crippen molar-refractivity contribution in [2.45, 2.75) is 31.0 Å². The van der Waals surface area contributed by atoms with Gasteiger partial charge in [0.15, 0.2) is 0 Å². The van der Waals surface area contributed by atoms with Gasteiger partial charge in [0.25, 0.3) is 0 Å². The summed E-state index contributed by atoms with van der Waals surface area (Å²) < 4.78 is 69.7. The molecule has 136 valence electrons. The molecule has 1 aliphatic rings. The van der Waals surface area contributed by atoms with Gasteiger partial charge in [-0.25, -0.2) is 13.4 Å². The van der Waals surface area contributed by atoms with Gasteiger partial charge in [-0.1, -0.05) is 0 Å². The van der Waals surface area contributed by atoms with Crippen molar-refractivity contribution < 1.29 is 26.3 Å². The number of H-pyrrole nitrogens is 1. The highest BCUT2D eigenvalue weighted by Gasteiger charge is 2.40. The minimum absolute atomic E-state index is 0.0321. The van der Waals surface area contributed by atoms with Crippen molar-refractivity contribution >= 4 is 10.0 Å². The molecule has 0 atom stereocenters. The Labute approximate surface area is 141 Å². The van der Waals surface area contributed by atoms with E-state index in [0.717, 1.165) is 18.3 Å². The second kappa shape index (κ2) is 5.99. The van der Waals surface area contributed by atoms with Crippen LogP contribution >= 0.6 is 0 Å². The highest BCUT2D eigenvalue weighted by Crippen LogP contribution is 2.32. The molecule has 0 aliphatic carbocycles. The summed E-state index contributed by atoms with van der Waals surface area (Å²) in [6.45, 7) is 3.25. The Balaban J connectivity index is 1.67. The van der Waals surface area contributed by atoms with E-state index in [9.17, 15) is 21.6 Å². The van der Waals surface area contributed by atoms with Crippen LogP contribution in [-0.2, 0) is 16.2 Å². The standard InChI is InChI=1S/C14H15F3N4O3S/c1-8-13(9(2)20-19-8)25(22,23)21-6-11(7-21)24-12-5-10(3-4-18-12)14(15,16)17/h3-5,11H,6-7H2,1-2H3,(H,19,20). The maximum absolute atomic E-state index is 12.7. The van der Waals surface area contributed by atoms with Crippen molar-refractivity contribution in [1.29, 1.82) is 0 Å². The lowest BCUT2D eigenvalue weighted by molar-refractivity contribution is -0.137. The van der Waals surface area contributed by atoms with Crippen LogP contribution < -0.4 is 4.74 Å². The maximum atomic E-state index is 12.7. The number of rotatable bonds is 4. The minimum Gasteiger partial charge on any atom is -0.472 e. The average Bonchev–Trinajstić information content (AvgIpc) is 2.81. The van der Waals surface area contributed by atoms with Crippen LogP contribution in [0.3, 0.4) is 0 Å². The molecule has 1 saturated heterocycles. The number of nitrogens with zero attached hydrogens (tertiary/aromatic N) is 3. The molecule has 0 spiro atoms. The van der Waals surface area contributed by atoms with Crippen molar-refractivity contribution in [2.24, 2.45) is 0 Å². The Morgan fingerprint density at radius 3 is 2.56 bits per heavy atom. The maximum Gasteiger partial charge on any atom is 0.416 e. The van der Waals surface area contributed by atoms with Crippen molar-refractivity contribution in [1.82, 2.24) is 19.5 Å². The molecule has 0 aromatic carbocycles. The van der Waals surface area contributed by atoms with Crippen LogP contribution in [0.5, 0.6) is 5.88 Å². The molecule has 0 unspecified atom stereocenters. The molecule has 11 heteroatoms. The van der Waals surface area contributed by atoms with Crippen LogP contribution in [0.15, 0.2) is 23.2 Å². The van der Waals surface area contributed by atoms with Crippen LogP contribution in [-0.4, -0.2) is 47.1 Å². The first-order valence-electron chi connectivity index (χ1n) is 7.30. The number of hydrogen-bond acceptors (Lipinski definition) is 5. The quantitative estimate of drug-likeness (QED) is 0.880. The first kappa shape index (κ1) is 17.7. The van der Waals surface area contributed by atoms with E-state index in [4.69, 9.17) is 4.74 Å². The summed E-state index contributed by atoms with van der Waals surface area (Å²) in [5, 5.41) is 6.48. The van der Waals surface area contributed by atoms with Gasteiger partial charge in [-0.05, 0) is 19.9 Å². The molecule has 1 fully saturated rings. The SMILES string of the molecule is Cc1n[nH]c(C)c1S(=O)(=O)N1CC(Oc2cc(C(F)(F)F)ccn2)C1. The molecule has 2 aromatic rings. The van der Waals surface area contributed by atoms with Crippen LogP contribution in [0, 0.1) is 13.8 Å². The third kappa shape index (κ3) is 3.33. The highest BCUT2D eigenvalue weighted by molar-refractivity contribution is 7.89. The van der Waals surface area contributed by atoms with E-state index in [2.05, 4.69) is 15.2 Å². The van der Waals surface area contributed by atoms with E-state index in [-0.39, 0.29) is 23.9 Å². The van der Waals surface area contributed by atoms with E-state index in [1.54, 1.807) is 13.8 Å². The van der Waals surface area contributed by atoms with Gasteiger partial charge in [-0.2, -0.15) is 22.6 Å². The van der Waals surface area contributed by atoms with E-state index in [1.807, 2.05) is 0 Å². The Morgan fingerprint density at radius 2 is 2.00 bits per heavy atom. The predicted molar refractivity (Wildman–Crippen MR) is 80.5 cm³/mol. The molecule has 2 aromatic heterocycles. The number of aromatic nitrogens is 3. The molecular weight excluding hydrogens is 361 g/mol. The number of hydrogen-bond donors (Lipinski definition) is 1. The molecule has 3 heterocycles. The normalized spacial score (nSPS) is 16.7. The minimum atomic E-state index is -4.49. The summed E-state index contributed by atoms with van der Waals surface area (Å²) in [5.74, 6) is -0.187. The van der Waals surface area contributed by atoms with Crippen molar-refractivity contribution in [3.8, 4) is 5.88 Å². The van der Waals surface area contributed by atoms with Gasteiger partial charge in [-0.15, -0.1) is 0 Å². The zero-order valence-electron chi connectivity index (χ0n) is 13.3. The van der Waals surface area contributed by atoms with Crippen molar-refractivity contribution in [3.05, 3.63) is 35.3 Å². The zero-order valence-corrected chi connectivity index (χ0v) is 14.1. The van der Waals surface area contributed by atoms with Crippen LogP contribution in [0.25, 0.3) is 0 Å². The first-order chi connectivity index (χ1) is 11.6. The number of pyridine rings is 1. The van der Waals surface area contributed by atoms with E-state index >= 15 is 0 Å². The molecule has 3 rings (SSSR count). The summed E-state index contributed by atoms with van der Waals surface area (Å²) in [5.41, 5.74) is -0.0752. The molecule has 7 nitrogen and oxygen atoms in total. The highest BCUT2D eigenvalue weighted by atomic mass is 32.2. The second-order valence-corrected chi connectivity index (χ2v) is 7.58. The lowest BCUT2D eigenvalue weighted by Gasteiger charge is -2.37. The smallest absolute Gasteiger partial charge is 0.416 e. The first-order valence-corrected chi connectivity index (χ1v) is 8.74. The van der Waals surface area contributed by atoms with Gasteiger partial charge in [0.05, 0.1) is 30.0 Å². The summed E-state index contributed by atoms with van der Waals surface area (Å²) in [7, 11) is -3.72. The summed E-state index contributed by atoms with van der Waals surface area (Å²) in [6, 6.07) is 1.64. The largest absolute Gasteiger partial charge is 0.472 e. The summed E-state index contributed by atoms with van der Waals surface area (Å²) in [6.07, 6.45) is -4.05. The Hall–Kier alpha value is -2.14. The molecule has 1 aliphatic heterocycles. The van der Waals surface area contributed by atoms with Crippen LogP contribution in [0.4, 0.5) is 13.2 Å². The zero-order chi connectivity index (χ0) is 18.4. The molecule has 0 bridgehead atoms. The number of alkyl halides is 3.